The van der Waals surface area contributed by atoms with Crippen molar-refractivity contribution in [1.29, 1.82) is 0 Å². The minimum atomic E-state index is -0.222. The molecule has 3 amide bonds. The second kappa shape index (κ2) is 9.00. The fourth-order valence-electron chi connectivity index (χ4n) is 3.75. The first-order chi connectivity index (χ1) is 12.7. The highest BCUT2D eigenvalue weighted by molar-refractivity contribution is 5.94. The Bertz CT molecular complexity index is 623. The molecule has 0 aliphatic carbocycles. The molecule has 0 bridgehead atoms. The molecule has 3 rings (SSSR count). The first kappa shape index (κ1) is 18.7. The number of nitrogens with one attached hydrogen (secondary N) is 2. The minimum Gasteiger partial charge on any atom is -0.375 e. The van der Waals surface area contributed by atoms with Crippen molar-refractivity contribution in [2.75, 3.05) is 50.5 Å². The topological polar surface area (TPSA) is 73.9 Å². The molecule has 142 valence electrons. The summed E-state index contributed by atoms with van der Waals surface area (Å²) in [4.78, 5) is 28.6. The zero-order valence-corrected chi connectivity index (χ0v) is 15.4. The SMILES string of the molecule is COCC(=O)Nc1cccc(NC(=O)N2CCC(N3CCCC3)CC2)c1. The first-order valence-electron chi connectivity index (χ1n) is 9.34. The van der Waals surface area contributed by atoms with E-state index in [9.17, 15) is 9.59 Å². The van der Waals surface area contributed by atoms with Crippen LogP contribution in [0.3, 0.4) is 0 Å². The number of rotatable bonds is 5. The third-order valence-electron chi connectivity index (χ3n) is 5.08. The van der Waals surface area contributed by atoms with Crippen LogP contribution >= 0.6 is 0 Å². The molecule has 2 aliphatic heterocycles. The minimum absolute atomic E-state index is 0.00253. The van der Waals surface area contributed by atoms with Crippen LogP contribution in [0.4, 0.5) is 16.2 Å². The van der Waals surface area contributed by atoms with Crippen molar-refractivity contribution in [2.45, 2.75) is 31.7 Å². The number of methoxy groups -OCH3 is 1. The molecule has 0 atom stereocenters. The average Bonchev–Trinajstić information content (AvgIpc) is 3.17. The second-order valence-electron chi connectivity index (χ2n) is 6.95. The van der Waals surface area contributed by atoms with E-state index in [1.807, 2.05) is 11.0 Å². The summed E-state index contributed by atoms with van der Waals surface area (Å²) in [5.74, 6) is -0.222. The third-order valence-corrected chi connectivity index (χ3v) is 5.08. The molecule has 7 heteroatoms. The lowest BCUT2D eigenvalue weighted by Gasteiger charge is -2.36. The summed E-state index contributed by atoms with van der Waals surface area (Å²) in [6.07, 6.45) is 4.69. The van der Waals surface area contributed by atoms with Crippen LogP contribution < -0.4 is 10.6 Å². The van der Waals surface area contributed by atoms with Crippen LogP contribution in [-0.2, 0) is 9.53 Å². The highest BCUT2D eigenvalue weighted by Gasteiger charge is 2.28. The van der Waals surface area contributed by atoms with Gasteiger partial charge < -0.3 is 25.2 Å². The van der Waals surface area contributed by atoms with E-state index >= 15 is 0 Å². The monoisotopic (exact) mass is 360 g/mol. The van der Waals surface area contributed by atoms with E-state index in [0.717, 1.165) is 25.9 Å². The highest BCUT2D eigenvalue weighted by Crippen LogP contribution is 2.22. The molecule has 2 heterocycles. The predicted octanol–water partition coefficient (Wildman–Crippen LogP) is 2.36. The molecule has 0 saturated carbocycles. The van der Waals surface area contributed by atoms with E-state index in [0.29, 0.717) is 17.4 Å². The second-order valence-corrected chi connectivity index (χ2v) is 6.95. The molecule has 2 fully saturated rings. The third kappa shape index (κ3) is 4.95. The van der Waals surface area contributed by atoms with Gasteiger partial charge in [-0.2, -0.15) is 0 Å². The lowest BCUT2D eigenvalue weighted by Crippen LogP contribution is -2.47. The van der Waals surface area contributed by atoms with Gasteiger partial charge in [0.2, 0.25) is 5.91 Å². The van der Waals surface area contributed by atoms with Gasteiger partial charge in [-0.15, -0.1) is 0 Å². The number of urea groups is 1. The van der Waals surface area contributed by atoms with Crippen molar-refractivity contribution in [2.24, 2.45) is 0 Å². The summed E-state index contributed by atoms with van der Waals surface area (Å²) in [5.41, 5.74) is 1.31. The van der Waals surface area contributed by atoms with Crippen molar-refractivity contribution in [3.63, 3.8) is 0 Å². The van der Waals surface area contributed by atoms with Crippen LogP contribution in [0.25, 0.3) is 0 Å². The zero-order chi connectivity index (χ0) is 18.4. The molecular weight excluding hydrogens is 332 g/mol. The Balaban J connectivity index is 1.49. The molecule has 2 aliphatic rings. The number of anilines is 2. The maximum atomic E-state index is 12.5. The summed E-state index contributed by atoms with van der Waals surface area (Å²) in [7, 11) is 1.48. The van der Waals surface area contributed by atoms with Crippen LogP contribution in [0.15, 0.2) is 24.3 Å². The van der Waals surface area contributed by atoms with Gasteiger partial charge in [-0.05, 0) is 57.0 Å². The molecule has 7 nitrogen and oxygen atoms in total. The van der Waals surface area contributed by atoms with Gasteiger partial charge in [0.1, 0.15) is 6.61 Å². The molecule has 1 aromatic carbocycles. The lowest BCUT2D eigenvalue weighted by molar-refractivity contribution is -0.119. The number of benzene rings is 1. The van der Waals surface area contributed by atoms with Gasteiger partial charge in [0.15, 0.2) is 0 Å². The van der Waals surface area contributed by atoms with Gasteiger partial charge in [0.25, 0.3) is 0 Å². The van der Waals surface area contributed by atoms with Gasteiger partial charge in [-0.3, -0.25) is 4.79 Å². The Hall–Kier alpha value is -2.12. The van der Waals surface area contributed by atoms with Crippen LogP contribution in [-0.4, -0.2) is 67.7 Å². The molecular formula is C19H28N4O3. The molecule has 0 radical (unpaired) electrons. The van der Waals surface area contributed by atoms with E-state index in [2.05, 4.69) is 15.5 Å². The number of nitrogens with zero attached hydrogens (tertiary/aromatic N) is 2. The van der Waals surface area contributed by atoms with Crippen molar-refractivity contribution >= 4 is 23.3 Å². The summed E-state index contributed by atoms with van der Waals surface area (Å²) < 4.78 is 4.80. The Morgan fingerprint density at radius 1 is 1.08 bits per heavy atom. The van der Waals surface area contributed by atoms with E-state index in [1.54, 1.807) is 18.2 Å². The molecule has 2 saturated heterocycles. The van der Waals surface area contributed by atoms with Crippen LogP contribution in [0.2, 0.25) is 0 Å². The van der Waals surface area contributed by atoms with Gasteiger partial charge in [-0.1, -0.05) is 6.07 Å². The van der Waals surface area contributed by atoms with Gasteiger partial charge in [0, 0.05) is 37.6 Å². The highest BCUT2D eigenvalue weighted by atomic mass is 16.5. The average molecular weight is 360 g/mol. The number of hydrogen-bond donors (Lipinski definition) is 2. The molecule has 0 unspecified atom stereocenters. The number of likely N-dealkylation sites (tertiary alicyclic amines) is 2. The van der Waals surface area contributed by atoms with Gasteiger partial charge in [0.05, 0.1) is 0 Å². The number of carbonyl (C=O) groups excluding carboxylic acids is 2. The maximum absolute atomic E-state index is 12.5. The molecule has 2 N–H and O–H groups in total. The van der Waals surface area contributed by atoms with Crippen LogP contribution in [0, 0.1) is 0 Å². The first-order valence-corrected chi connectivity index (χ1v) is 9.34. The number of hydrogen-bond acceptors (Lipinski definition) is 4. The number of ether oxygens (including phenoxy) is 1. The van der Waals surface area contributed by atoms with Crippen molar-refractivity contribution in [3.05, 3.63) is 24.3 Å². The molecule has 0 spiro atoms. The van der Waals surface area contributed by atoms with Crippen LogP contribution in [0.5, 0.6) is 0 Å². The van der Waals surface area contributed by atoms with Gasteiger partial charge >= 0.3 is 6.03 Å². The Kier molecular flexibility index (Phi) is 6.46. The Morgan fingerprint density at radius 2 is 1.73 bits per heavy atom. The number of amides is 3. The van der Waals surface area contributed by atoms with E-state index in [-0.39, 0.29) is 18.5 Å². The number of piperidine rings is 1. The lowest BCUT2D eigenvalue weighted by atomic mass is 10.0. The summed E-state index contributed by atoms with van der Waals surface area (Å²) in [5, 5.41) is 5.67. The smallest absolute Gasteiger partial charge is 0.321 e. The maximum Gasteiger partial charge on any atom is 0.321 e. The molecule has 26 heavy (non-hydrogen) atoms. The standard InChI is InChI=1S/C19H28N4O3/c1-26-14-18(24)20-15-5-4-6-16(13-15)21-19(25)23-11-7-17(8-12-23)22-9-2-3-10-22/h4-6,13,17H,2-3,7-12,14H2,1H3,(H,20,24)(H,21,25). The van der Waals surface area contributed by atoms with Crippen molar-refractivity contribution in [1.82, 2.24) is 9.80 Å². The summed E-state index contributed by atoms with van der Waals surface area (Å²) in [6, 6.07) is 7.71. The van der Waals surface area contributed by atoms with E-state index in [4.69, 9.17) is 4.74 Å². The normalized spacial score (nSPS) is 18.7. The van der Waals surface area contributed by atoms with E-state index < -0.39 is 0 Å². The Labute approximate surface area is 154 Å². The number of carbonyl (C=O) groups is 2. The Morgan fingerprint density at radius 3 is 2.38 bits per heavy atom. The predicted molar refractivity (Wildman–Crippen MR) is 101 cm³/mol. The van der Waals surface area contributed by atoms with Crippen molar-refractivity contribution < 1.29 is 14.3 Å². The molecule has 0 aromatic heterocycles. The summed E-state index contributed by atoms with van der Waals surface area (Å²) in [6.45, 7) is 3.99. The zero-order valence-electron chi connectivity index (χ0n) is 15.4. The van der Waals surface area contributed by atoms with Crippen molar-refractivity contribution in [3.8, 4) is 0 Å². The fraction of sp³-hybridized carbons (Fsp3) is 0.579. The largest absolute Gasteiger partial charge is 0.375 e. The summed E-state index contributed by atoms with van der Waals surface area (Å²) >= 11 is 0. The van der Waals surface area contributed by atoms with Gasteiger partial charge in [-0.25, -0.2) is 4.79 Å². The van der Waals surface area contributed by atoms with E-state index in [1.165, 1.54) is 33.0 Å². The fourth-order valence-corrected chi connectivity index (χ4v) is 3.75. The van der Waals surface area contributed by atoms with Crippen LogP contribution in [0.1, 0.15) is 25.7 Å². The quantitative estimate of drug-likeness (QED) is 0.845. The molecule has 1 aromatic rings.